The predicted octanol–water partition coefficient (Wildman–Crippen LogP) is 2.35. The van der Waals surface area contributed by atoms with Crippen LogP contribution in [-0.4, -0.2) is 42.9 Å². The lowest BCUT2D eigenvalue weighted by Crippen LogP contribution is -2.40. The number of likely N-dealkylation sites (tertiary alicyclic amines) is 1. The molecule has 1 amide bonds. The number of carboxylic acid groups (broad SMARTS) is 1. The van der Waals surface area contributed by atoms with Crippen LogP contribution in [0.2, 0.25) is 0 Å². The Bertz CT molecular complexity index is 924. The van der Waals surface area contributed by atoms with Gasteiger partial charge in [-0.2, -0.15) is 0 Å². The molecular formula is C19H19NO5S. The highest BCUT2D eigenvalue weighted by atomic mass is 32.2. The van der Waals surface area contributed by atoms with Crippen LogP contribution in [0, 0.1) is 0 Å². The highest BCUT2D eigenvalue weighted by Crippen LogP contribution is 2.23. The zero-order chi connectivity index (χ0) is 18.7. The Hall–Kier alpha value is -2.67. The van der Waals surface area contributed by atoms with Gasteiger partial charge in [-0.25, -0.2) is 13.2 Å². The third-order valence-corrected chi connectivity index (χ3v) is 6.12. The topological polar surface area (TPSA) is 91.8 Å². The van der Waals surface area contributed by atoms with Crippen molar-refractivity contribution in [2.24, 2.45) is 0 Å². The van der Waals surface area contributed by atoms with Gasteiger partial charge in [0.2, 0.25) is 0 Å². The average Bonchev–Trinajstić information content (AvgIpc) is 3.12. The maximum Gasteiger partial charge on any atom is 0.326 e. The molecule has 1 atom stereocenters. The summed E-state index contributed by atoms with van der Waals surface area (Å²) in [4.78, 5) is 25.3. The molecule has 2 aromatic rings. The van der Waals surface area contributed by atoms with E-state index in [1.807, 2.05) is 6.07 Å². The van der Waals surface area contributed by atoms with Crippen molar-refractivity contribution in [3.8, 4) is 0 Å². The number of nitrogens with zero attached hydrogens (tertiary/aromatic N) is 1. The number of amides is 1. The summed E-state index contributed by atoms with van der Waals surface area (Å²) in [6.07, 6.45) is 1.03. The van der Waals surface area contributed by atoms with Crippen LogP contribution in [0.1, 0.15) is 28.8 Å². The summed E-state index contributed by atoms with van der Waals surface area (Å²) in [5.41, 5.74) is 0.849. The summed E-state index contributed by atoms with van der Waals surface area (Å²) >= 11 is 0. The number of hydrogen-bond donors (Lipinski definition) is 1. The van der Waals surface area contributed by atoms with Crippen LogP contribution < -0.4 is 0 Å². The number of benzene rings is 2. The standard InChI is InChI=1S/C19H19NO5S/c21-18(20-11-5-10-17(20)19(22)23)15-8-4-9-16(12-15)26(24,25)13-14-6-2-1-3-7-14/h1-4,6-9,12,17H,5,10-11,13H2,(H,22,23)/t17-/m1/s1. The van der Waals surface area contributed by atoms with E-state index in [4.69, 9.17) is 0 Å². The number of carbonyl (C=O) groups excluding carboxylic acids is 1. The fourth-order valence-corrected chi connectivity index (χ4v) is 4.52. The lowest BCUT2D eigenvalue weighted by molar-refractivity contribution is -0.141. The molecule has 0 unspecified atom stereocenters. The summed E-state index contributed by atoms with van der Waals surface area (Å²) in [6.45, 7) is 0.358. The molecule has 0 spiro atoms. The zero-order valence-electron chi connectivity index (χ0n) is 14.0. The summed E-state index contributed by atoms with van der Waals surface area (Å²) in [7, 11) is -3.61. The van der Waals surface area contributed by atoms with Crippen LogP contribution in [-0.2, 0) is 20.4 Å². The SMILES string of the molecule is O=C(O)[C@H]1CCCN1C(=O)c1cccc(S(=O)(=O)Cc2ccccc2)c1. The monoisotopic (exact) mass is 373 g/mol. The second kappa shape index (κ2) is 7.29. The van der Waals surface area contributed by atoms with Gasteiger partial charge in [0.05, 0.1) is 10.6 Å². The van der Waals surface area contributed by atoms with Crippen LogP contribution in [0.4, 0.5) is 0 Å². The lowest BCUT2D eigenvalue weighted by atomic mass is 10.1. The molecule has 1 aliphatic heterocycles. The average molecular weight is 373 g/mol. The highest BCUT2D eigenvalue weighted by molar-refractivity contribution is 7.90. The Labute approximate surface area is 152 Å². The van der Waals surface area contributed by atoms with E-state index in [1.54, 1.807) is 24.3 Å². The highest BCUT2D eigenvalue weighted by Gasteiger charge is 2.34. The summed E-state index contributed by atoms with van der Waals surface area (Å²) in [6, 6.07) is 13.8. The van der Waals surface area contributed by atoms with E-state index in [-0.39, 0.29) is 16.2 Å². The van der Waals surface area contributed by atoms with E-state index in [0.717, 1.165) is 0 Å². The Morgan fingerprint density at radius 1 is 1.08 bits per heavy atom. The van der Waals surface area contributed by atoms with Crippen molar-refractivity contribution in [3.05, 3.63) is 65.7 Å². The maximum atomic E-state index is 12.7. The molecule has 1 fully saturated rings. The first-order chi connectivity index (χ1) is 12.4. The molecular weight excluding hydrogens is 354 g/mol. The summed E-state index contributed by atoms with van der Waals surface area (Å²) in [5, 5.41) is 9.24. The molecule has 26 heavy (non-hydrogen) atoms. The smallest absolute Gasteiger partial charge is 0.326 e. The number of hydrogen-bond acceptors (Lipinski definition) is 4. The van der Waals surface area contributed by atoms with Crippen molar-refractivity contribution < 1.29 is 23.1 Å². The van der Waals surface area contributed by atoms with Gasteiger partial charge in [0, 0.05) is 12.1 Å². The number of sulfone groups is 1. The van der Waals surface area contributed by atoms with Gasteiger partial charge < -0.3 is 10.0 Å². The first-order valence-corrected chi connectivity index (χ1v) is 9.94. The van der Waals surface area contributed by atoms with Gasteiger partial charge in [-0.3, -0.25) is 4.79 Å². The molecule has 0 aliphatic carbocycles. The van der Waals surface area contributed by atoms with Crippen LogP contribution >= 0.6 is 0 Å². The van der Waals surface area contributed by atoms with Crippen LogP contribution in [0.15, 0.2) is 59.5 Å². The third kappa shape index (κ3) is 3.77. The molecule has 0 bridgehead atoms. The second-order valence-electron chi connectivity index (χ2n) is 6.27. The summed E-state index contributed by atoms with van der Waals surface area (Å²) in [5.74, 6) is -1.65. The van der Waals surface area contributed by atoms with Crippen molar-refractivity contribution >= 4 is 21.7 Å². The molecule has 6 nitrogen and oxygen atoms in total. The Morgan fingerprint density at radius 3 is 2.50 bits per heavy atom. The Balaban J connectivity index is 1.86. The van der Waals surface area contributed by atoms with Crippen LogP contribution in [0.3, 0.4) is 0 Å². The van der Waals surface area contributed by atoms with Crippen LogP contribution in [0.25, 0.3) is 0 Å². The normalized spacial score (nSPS) is 17.2. The van der Waals surface area contributed by atoms with Gasteiger partial charge in [0.1, 0.15) is 6.04 Å². The van der Waals surface area contributed by atoms with E-state index >= 15 is 0 Å². The van der Waals surface area contributed by atoms with E-state index in [9.17, 15) is 23.1 Å². The minimum Gasteiger partial charge on any atom is -0.480 e. The Kier molecular flexibility index (Phi) is 5.08. The van der Waals surface area contributed by atoms with Gasteiger partial charge in [-0.1, -0.05) is 36.4 Å². The van der Waals surface area contributed by atoms with Gasteiger partial charge in [-0.15, -0.1) is 0 Å². The van der Waals surface area contributed by atoms with Crippen molar-refractivity contribution in [1.82, 2.24) is 4.90 Å². The molecule has 7 heteroatoms. The molecule has 0 radical (unpaired) electrons. The largest absolute Gasteiger partial charge is 0.480 e. The maximum absolute atomic E-state index is 12.7. The number of rotatable bonds is 5. The molecule has 1 heterocycles. The van der Waals surface area contributed by atoms with E-state index in [2.05, 4.69) is 0 Å². The molecule has 1 aliphatic rings. The predicted molar refractivity (Wildman–Crippen MR) is 95.5 cm³/mol. The Morgan fingerprint density at radius 2 is 1.81 bits per heavy atom. The molecule has 1 saturated heterocycles. The number of carboxylic acids is 1. The second-order valence-corrected chi connectivity index (χ2v) is 8.26. The minimum atomic E-state index is -3.61. The fraction of sp³-hybridized carbons (Fsp3) is 0.263. The molecule has 0 aromatic heterocycles. The van der Waals surface area contributed by atoms with Gasteiger partial charge in [-0.05, 0) is 36.6 Å². The lowest BCUT2D eigenvalue weighted by Gasteiger charge is -2.21. The van der Waals surface area contributed by atoms with Gasteiger partial charge in [0.15, 0.2) is 9.84 Å². The first kappa shape index (κ1) is 18.1. The minimum absolute atomic E-state index is 0.0540. The number of carbonyl (C=O) groups is 2. The van der Waals surface area contributed by atoms with Crippen LogP contribution in [0.5, 0.6) is 0 Å². The van der Waals surface area contributed by atoms with Crippen molar-refractivity contribution in [1.29, 1.82) is 0 Å². The molecule has 0 saturated carbocycles. The quantitative estimate of drug-likeness (QED) is 0.869. The molecule has 136 valence electrons. The number of aliphatic carboxylic acids is 1. The third-order valence-electron chi connectivity index (χ3n) is 4.44. The summed E-state index contributed by atoms with van der Waals surface area (Å²) < 4.78 is 25.3. The zero-order valence-corrected chi connectivity index (χ0v) is 14.9. The van der Waals surface area contributed by atoms with Crippen molar-refractivity contribution in [2.45, 2.75) is 29.5 Å². The van der Waals surface area contributed by atoms with Gasteiger partial charge >= 0.3 is 5.97 Å². The van der Waals surface area contributed by atoms with E-state index < -0.39 is 27.8 Å². The molecule has 2 aromatic carbocycles. The van der Waals surface area contributed by atoms with E-state index in [0.29, 0.717) is 24.9 Å². The van der Waals surface area contributed by atoms with Crippen molar-refractivity contribution in [3.63, 3.8) is 0 Å². The van der Waals surface area contributed by atoms with Gasteiger partial charge in [0.25, 0.3) is 5.91 Å². The molecule has 1 N–H and O–H groups in total. The van der Waals surface area contributed by atoms with Crippen molar-refractivity contribution in [2.75, 3.05) is 6.54 Å². The first-order valence-electron chi connectivity index (χ1n) is 8.29. The fourth-order valence-electron chi connectivity index (χ4n) is 3.13. The molecule has 3 rings (SSSR count). The van der Waals surface area contributed by atoms with E-state index in [1.165, 1.54) is 29.2 Å².